The Balaban J connectivity index is 2.11. The van der Waals surface area contributed by atoms with Crippen LogP contribution in [0.3, 0.4) is 0 Å². The van der Waals surface area contributed by atoms with Gasteiger partial charge in [-0.3, -0.25) is 4.79 Å². The predicted molar refractivity (Wildman–Crippen MR) is 77.4 cm³/mol. The van der Waals surface area contributed by atoms with Gasteiger partial charge in [0.2, 0.25) is 0 Å². The molecule has 6 heteroatoms. The van der Waals surface area contributed by atoms with Crippen molar-refractivity contribution in [3.63, 3.8) is 0 Å². The lowest BCUT2D eigenvalue weighted by atomic mass is 10.1. The highest BCUT2D eigenvalue weighted by Gasteiger charge is 2.09. The molecule has 0 saturated carbocycles. The van der Waals surface area contributed by atoms with Crippen molar-refractivity contribution in [3.05, 3.63) is 52.7 Å². The molecule has 0 unspecified atom stereocenters. The van der Waals surface area contributed by atoms with Crippen LogP contribution >= 0.6 is 11.6 Å². The van der Waals surface area contributed by atoms with E-state index in [0.29, 0.717) is 17.7 Å². The van der Waals surface area contributed by atoms with Crippen molar-refractivity contribution in [3.8, 4) is 6.07 Å². The molecule has 20 heavy (non-hydrogen) atoms. The molecule has 0 aliphatic carbocycles. The number of nitrogens with one attached hydrogen (secondary N) is 1. The van der Waals surface area contributed by atoms with E-state index in [1.807, 2.05) is 0 Å². The Morgan fingerprint density at radius 2 is 2.10 bits per heavy atom. The summed E-state index contributed by atoms with van der Waals surface area (Å²) in [5.41, 5.74) is 7.33. The molecule has 0 fully saturated rings. The number of nitrogens with zero attached hydrogens (tertiary/aromatic N) is 2. The number of anilines is 2. The minimum Gasteiger partial charge on any atom is -0.382 e. The number of aromatic nitrogens is 1. The Kier molecular flexibility index (Phi) is 4.18. The summed E-state index contributed by atoms with van der Waals surface area (Å²) in [4.78, 5) is 15.8. The second kappa shape index (κ2) is 6.04. The third-order valence-corrected chi connectivity index (χ3v) is 2.93. The third-order valence-electron chi connectivity index (χ3n) is 2.63. The zero-order valence-electron chi connectivity index (χ0n) is 10.4. The van der Waals surface area contributed by atoms with E-state index in [0.717, 1.165) is 5.56 Å². The zero-order valence-corrected chi connectivity index (χ0v) is 11.2. The van der Waals surface area contributed by atoms with Gasteiger partial charge in [-0.1, -0.05) is 23.7 Å². The first-order valence-corrected chi connectivity index (χ1v) is 6.16. The van der Waals surface area contributed by atoms with Crippen LogP contribution in [0.5, 0.6) is 0 Å². The Labute approximate surface area is 121 Å². The molecule has 0 spiro atoms. The van der Waals surface area contributed by atoms with Crippen LogP contribution in [0, 0.1) is 11.3 Å². The van der Waals surface area contributed by atoms with E-state index in [1.165, 1.54) is 12.3 Å². The van der Waals surface area contributed by atoms with Crippen molar-refractivity contribution < 1.29 is 4.79 Å². The summed E-state index contributed by atoms with van der Waals surface area (Å²) in [6.07, 6.45) is 1.70. The number of nitrogens with two attached hydrogens (primary N) is 1. The third kappa shape index (κ3) is 3.25. The van der Waals surface area contributed by atoms with Crippen LogP contribution in [0.4, 0.5) is 11.5 Å². The largest absolute Gasteiger partial charge is 0.382 e. The average molecular weight is 287 g/mol. The summed E-state index contributed by atoms with van der Waals surface area (Å²) in [5.74, 6) is -0.142. The summed E-state index contributed by atoms with van der Waals surface area (Å²) in [6, 6.07) is 10.6. The molecule has 5 nitrogen and oxygen atoms in total. The molecule has 3 N–H and O–H groups in total. The zero-order chi connectivity index (χ0) is 14.5. The standard InChI is InChI=1S/C14H11ClN4O/c15-12-7-10(8-18-13(12)17)14(20)19-11-3-1-9(2-4-11)5-6-16/h1-4,7-8H,5H2,(H2,17,18)(H,19,20). The van der Waals surface area contributed by atoms with Gasteiger partial charge in [-0.15, -0.1) is 0 Å². The second-order valence-corrected chi connectivity index (χ2v) is 4.48. The van der Waals surface area contributed by atoms with Crippen molar-refractivity contribution in [1.82, 2.24) is 4.98 Å². The lowest BCUT2D eigenvalue weighted by Crippen LogP contribution is -2.12. The molecule has 0 atom stereocenters. The number of amides is 1. The monoisotopic (exact) mass is 286 g/mol. The highest BCUT2D eigenvalue weighted by atomic mass is 35.5. The van der Waals surface area contributed by atoms with Crippen LogP contribution in [0.15, 0.2) is 36.5 Å². The van der Waals surface area contributed by atoms with Gasteiger partial charge in [0.25, 0.3) is 5.91 Å². The molecule has 0 bridgehead atoms. The summed E-state index contributed by atoms with van der Waals surface area (Å²) >= 11 is 5.82. The summed E-state index contributed by atoms with van der Waals surface area (Å²) in [5, 5.41) is 11.5. The molecular formula is C14H11ClN4O. The maximum absolute atomic E-state index is 12.0. The minimum atomic E-state index is -0.326. The number of halogens is 1. The van der Waals surface area contributed by atoms with Crippen LogP contribution in [-0.2, 0) is 6.42 Å². The van der Waals surface area contributed by atoms with Crippen molar-refractivity contribution >= 4 is 29.0 Å². The normalized spacial score (nSPS) is 9.80. The van der Waals surface area contributed by atoms with Gasteiger partial charge >= 0.3 is 0 Å². The first-order valence-electron chi connectivity index (χ1n) is 5.78. The van der Waals surface area contributed by atoms with Crippen LogP contribution in [0.1, 0.15) is 15.9 Å². The molecule has 1 heterocycles. The van der Waals surface area contributed by atoms with Crippen LogP contribution < -0.4 is 11.1 Å². The van der Waals surface area contributed by atoms with Crippen LogP contribution in [-0.4, -0.2) is 10.9 Å². The van der Waals surface area contributed by atoms with Crippen molar-refractivity contribution in [1.29, 1.82) is 5.26 Å². The Hall–Kier alpha value is -2.58. The SMILES string of the molecule is N#CCc1ccc(NC(=O)c2cnc(N)c(Cl)c2)cc1. The lowest BCUT2D eigenvalue weighted by Gasteiger charge is -2.06. The van der Waals surface area contributed by atoms with E-state index >= 15 is 0 Å². The van der Waals surface area contributed by atoms with Crippen LogP contribution in [0.2, 0.25) is 5.02 Å². The van der Waals surface area contributed by atoms with Gasteiger partial charge in [0.1, 0.15) is 5.82 Å². The number of rotatable bonds is 3. The summed E-state index contributed by atoms with van der Waals surface area (Å²) < 4.78 is 0. The number of hydrogen-bond donors (Lipinski definition) is 2. The number of carbonyl (C=O) groups is 1. The Bertz CT molecular complexity index is 677. The molecule has 1 amide bonds. The maximum Gasteiger partial charge on any atom is 0.257 e. The van der Waals surface area contributed by atoms with E-state index in [-0.39, 0.29) is 16.7 Å². The van der Waals surface area contributed by atoms with Crippen molar-refractivity contribution in [2.45, 2.75) is 6.42 Å². The van der Waals surface area contributed by atoms with Gasteiger partial charge in [-0.2, -0.15) is 5.26 Å². The molecule has 2 aromatic rings. The average Bonchev–Trinajstić information content (AvgIpc) is 2.44. The minimum absolute atomic E-state index is 0.184. The summed E-state index contributed by atoms with van der Waals surface area (Å²) in [6.45, 7) is 0. The molecule has 100 valence electrons. The number of carbonyl (C=O) groups excluding carboxylic acids is 1. The number of nitrogen functional groups attached to an aromatic ring is 1. The highest BCUT2D eigenvalue weighted by molar-refractivity contribution is 6.33. The van der Waals surface area contributed by atoms with E-state index in [1.54, 1.807) is 24.3 Å². The Morgan fingerprint density at radius 1 is 1.40 bits per heavy atom. The molecule has 0 saturated heterocycles. The van der Waals surface area contributed by atoms with Gasteiger partial charge < -0.3 is 11.1 Å². The van der Waals surface area contributed by atoms with E-state index in [9.17, 15) is 4.79 Å². The number of pyridine rings is 1. The van der Waals surface area contributed by atoms with Crippen molar-refractivity contribution in [2.75, 3.05) is 11.1 Å². The first-order chi connectivity index (χ1) is 9.60. The molecule has 1 aromatic carbocycles. The summed E-state index contributed by atoms with van der Waals surface area (Å²) in [7, 11) is 0. The molecule has 1 aromatic heterocycles. The first kappa shape index (κ1) is 13.8. The fraction of sp³-hybridized carbons (Fsp3) is 0.0714. The predicted octanol–water partition coefficient (Wildman–Crippen LogP) is 2.64. The molecular weight excluding hydrogens is 276 g/mol. The van der Waals surface area contributed by atoms with Gasteiger partial charge in [0, 0.05) is 11.9 Å². The number of nitriles is 1. The fourth-order valence-electron chi connectivity index (χ4n) is 1.57. The number of benzene rings is 1. The molecule has 0 radical (unpaired) electrons. The molecule has 2 rings (SSSR count). The quantitative estimate of drug-likeness (QED) is 0.907. The lowest BCUT2D eigenvalue weighted by molar-refractivity contribution is 0.102. The van der Waals surface area contributed by atoms with Gasteiger partial charge in [0.05, 0.1) is 23.1 Å². The van der Waals surface area contributed by atoms with Gasteiger partial charge in [-0.05, 0) is 23.8 Å². The van der Waals surface area contributed by atoms with Gasteiger partial charge in [-0.25, -0.2) is 4.98 Å². The molecule has 0 aliphatic rings. The topological polar surface area (TPSA) is 91.8 Å². The van der Waals surface area contributed by atoms with Crippen LogP contribution in [0.25, 0.3) is 0 Å². The second-order valence-electron chi connectivity index (χ2n) is 4.08. The van der Waals surface area contributed by atoms with Crippen molar-refractivity contribution in [2.24, 2.45) is 0 Å². The Morgan fingerprint density at radius 3 is 2.70 bits per heavy atom. The van der Waals surface area contributed by atoms with Gasteiger partial charge in [0.15, 0.2) is 0 Å². The smallest absolute Gasteiger partial charge is 0.257 e. The van der Waals surface area contributed by atoms with E-state index < -0.39 is 0 Å². The number of hydrogen-bond acceptors (Lipinski definition) is 4. The highest BCUT2D eigenvalue weighted by Crippen LogP contribution is 2.18. The van der Waals surface area contributed by atoms with E-state index in [4.69, 9.17) is 22.6 Å². The van der Waals surface area contributed by atoms with E-state index in [2.05, 4.69) is 16.4 Å². The fourth-order valence-corrected chi connectivity index (χ4v) is 1.74. The molecule has 0 aliphatic heterocycles. The maximum atomic E-state index is 12.0.